The molecule has 4 N–H and O–H groups in total. The predicted molar refractivity (Wildman–Crippen MR) is 118 cm³/mol. The lowest BCUT2D eigenvalue weighted by Gasteiger charge is -2.30. The van der Waals surface area contributed by atoms with E-state index < -0.39 is 5.82 Å². The van der Waals surface area contributed by atoms with Gasteiger partial charge in [-0.1, -0.05) is 18.2 Å². The molecule has 0 radical (unpaired) electrons. The molecule has 0 saturated carbocycles. The number of nitrogens with one attached hydrogen (secondary N) is 2. The molecule has 1 fully saturated rings. The maximum absolute atomic E-state index is 13.4. The number of likely N-dealkylation sites (tertiary alicyclic amines) is 1. The first-order chi connectivity index (χ1) is 15.0. The van der Waals surface area contributed by atoms with Crippen molar-refractivity contribution in [2.45, 2.75) is 25.7 Å². The van der Waals surface area contributed by atoms with Crippen LogP contribution in [-0.2, 0) is 4.79 Å². The number of rotatable bonds is 9. The second kappa shape index (κ2) is 11.3. The summed E-state index contributed by atoms with van der Waals surface area (Å²) >= 11 is 0. The number of unbranched alkanes of at least 4 members (excludes halogenated alkanes) is 1. The molecule has 0 aromatic heterocycles. The van der Waals surface area contributed by atoms with Crippen molar-refractivity contribution in [3.05, 3.63) is 54.3 Å². The van der Waals surface area contributed by atoms with E-state index in [4.69, 9.17) is 10.5 Å². The van der Waals surface area contributed by atoms with E-state index in [2.05, 4.69) is 15.5 Å². The number of piperidine rings is 1. The van der Waals surface area contributed by atoms with Crippen LogP contribution in [0.1, 0.15) is 25.7 Å². The topological polar surface area (TPSA) is 96.7 Å². The van der Waals surface area contributed by atoms with E-state index in [1.54, 1.807) is 36.4 Å². The zero-order valence-corrected chi connectivity index (χ0v) is 17.5. The van der Waals surface area contributed by atoms with E-state index in [9.17, 15) is 14.0 Å². The number of primary amides is 1. The minimum atomic E-state index is -0.391. The van der Waals surface area contributed by atoms with Crippen LogP contribution in [0.25, 0.3) is 0 Å². The zero-order chi connectivity index (χ0) is 22.1. The first-order valence-electron chi connectivity index (χ1n) is 10.6. The normalized spacial score (nSPS) is 14.7. The molecule has 7 nitrogen and oxygen atoms in total. The maximum atomic E-state index is 13.4. The van der Waals surface area contributed by atoms with Gasteiger partial charge in [0.05, 0.1) is 5.69 Å². The molecular formula is C23H29FN4O3. The van der Waals surface area contributed by atoms with Gasteiger partial charge >= 0.3 is 6.03 Å². The van der Waals surface area contributed by atoms with Crippen molar-refractivity contribution in [2.24, 2.45) is 11.7 Å². The van der Waals surface area contributed by atoms with Gasteiger partial charge in [-0.15, -0.1) is 0 Å². The van der Waals surface area contributed by atoms with Gasteiger partial charge in [0, 0.05) is 18.5 Å². The van der Waals surface area contributed by atoms with Crippen LogP contribution in [0.5, 0.6) is 11.5 Å². The maximum Gasteiger partial charge on any atom is 0.319 e. The van der Waals surface area contributed by atoms with Crippen LogP contribution in [-0.4, -0.2) is 43.0 Å². The largest absolute Gasteiger partial charge is 0.455 e. The summed E-state index contributed by atoms with van der Waals surface area (Å²) in [5, 5.41) is 5.62. The minimum Gasteiger partial charge on any atom is -0.455 e. The highest BCUT2D eigenvalue weighted by Crippen LogP contribution is 2.29. The lowest BCUT2D eigenvalue weighted by Crippen LogP contribution is -2.39. The van der Waals surface area contributed by atoms with Crippen LogP contribution >= 0.6 is 0 Å². The number of nitrogens with zero attached hydrogens (tertiary/aromatic N) is 1. The minimum absolute atomic E-state index is 0.00869. The molecule has 1 aliphatic rings. The summed E-state index contributed by atoms with van der Waals surface area (Å²) in [4.78, 5) is 25.8. The quantitative estimate of drug-likeness (QED) is 0.531. The lowest BCUT2D eigenvalue weighted by atomic mass is 9.96. The van der Waals surface area contributed by atoms with Crippen LogP contribution in [0, 0.1) is 11.7 Å². The fourth-order valence-electron chi connectivity index (χ4n) is 3.59. The summed E-state index contributed by atoms with van der Waals surface area (Å²) in [5.41, 5.74) is 5.86. The van der Waals surface area contributed by atoms with Crippen molar-refractivity contribution in [3.8, 4) is 11.5 Å². The second-order valence-electron chi connectivity index (χ2n) is 7.66. The van der Waals surface area contributed by atoms with Gasteiger partial charge in [-0.25, -0.2) is 9.18 Å². The van der Waals surface area contributed by atoms with Gasteiger partial charge in [-0.3, -0.25) is 4.79 Å². The molecule has 8 heteroatoms. The standard InChI is InChI=1S/C23H29FN4O3/c24-18-6-5-7-19(16-18)31-21-9-2-1-8-20(21)27-23(30)26-12-3-4-13-28-14-10-17(11-15-28)22(25)29/h1-2,5-9,16-17H,3-4,10-15H2,(H2,25,29)(H2,26,27,30). The summed E-state index contributed by atoms with van der Waals surface area (Å²) < 4.78 is 19.1. The summed E-state index contributed by atoms with van der Waals surface area (Å²) in [6.45, 7) is 3.28. The van der Waals surface area contributed by atoms with E-state index in [-0.39, 0.29) is 17.9 Å². The molecule has 3 rings (SSSR count). The van der Waals surface area contributed by atoms with Gasteiger partial charge < -0.3 is 26.0 Å². The molecule has 0 spiro atoms. The Labute approximate surface area is 181 Å². The Morgan fingerprint density at radius 2 is 1.87 bits per heavy atom. The summed E-state index contributed by atoms with van der Waals surface area (Å²) in [5.74, 6) is 0.210. The summed E-state index contributed by atoms with van der Waals surface area (Å²) in [6, 6.07) is 12.5. The number of carbonyl (C=O) groups excluding carboxylic acids is 2. The molecule has 1 heterocycles. The molecule has 0 aliphatic carbocycles. The Morgan fingerprint density at radius 3 is 2.61 bits per heavy atom. The highest BCUT2D eigenvalue weighted by Gasteiger charge is 2.22. The predicted octanol–water partition coefficient (Wildman–Crippen LogP) is 3.72. The van der Waals surface area contributed by atoms with E-state index in [1.165, 1.54) is 12.1 Å². The van der Waals surface area contributed by atoms with Crippen LogP contribution in [0.4, 0.5) is 14.9 Å². The molecule has 3 amide bonds. The fraction of sp³-hybridized carbons (Fsp3) is 0.391. The van der Waals surface area contributed by atoms with Crippen molar-refractivity contribution < 1.29 is 18.7 Å². The molecule has 2 aromatic rings. The van der Waals surface area contributed by atoms with Crippen molar-refractivity contribution >= 4 is 17.6 Å². The summed E-state index contributed by atoms with van der Waals surface area (Å²) in [7, 11) is 0. The Hall–Kier alpha value is -3.13. The van der Waals surface area contributed by atoms with Crippen LogP contribution in [0.3, 0.4) is 0 Å². The number of carbonyl (C=O) groups is 2. The smallest absolute Gasteiger partial charge is 0.319 e. The first kappa shape index (κ1) is 22.6. The van der Waals surface area contributed by atoms with Crippen LogP contribution < -0.4 is 21.1 Å². The third kappa shape index (κ3) is 7.25. The van der Waals surface area contributed by atoms with Gasteiger partial charge in [-0.2, -0.15) is 0 Å². The average Bonchev–Trinajstić information content (AvgIpc) is 2.75. The van der Waals surface area contributed by atoms with Crippen molar-refractivity contribution in [2.75, 3.05) is 31.5 Å². The van der Waals surface area contributed by atoms with Crippen LogP contribution in [0.2, 0.25) is 0 Å². The Morgan fingerprint density at radius 1 is 1.10 bits per heavy atom. The van der Waals surface area contributed by atoms with Crippen LogP contribution in [0.15, 0.2) is 48.5 Å². The van der Waals surface area contributed by atoms with Crippen molar-refractivity contribution in [1.82, 2.24) is 10.2 Å². The first-order valence-corrected chi connectivity index (χ1v) is 10.6. The monoisotopic (exact) mass is 428 g/mol. The average molecular weight is 429 g/mol. The van der Waals surface area contributed by atoms with E-state index in [0.717, 1.165) is 45.3 Å². The summed E-state index contributed by atoms with van der Waals surface area (Å²) in [6.07, 6.45) is 3.46. The van der Waals surface area contributed by atoms with E-state index in [1.807, 2.05) is 0 Å². The van der Waals surface area contributed by atoms with Gasteiger partial charge in [0.15, 0.2) is 5.75 Å². The van der Waals surface area contributed by atoms with Gasteiger partial charge in [0.2, 0.25) is 5.91 Å². The Balaban J connectivity index is 1.37. The number of hydrogen-bond acceptors (Lipinski definition) is 4. The molecule has 0 atom stereocenters. The van der Waals surface area contributed by atoms with Crippen molar-refractivity contribution in [1.29, 1.82) is 0 Å². The molecule has 31 heavy (non-hydrogen) atoms. The highest BCUT2D eigenvalue weighted by molar-refractivity contribution is 5.90. The van der Waals surface area contributed by atoms with Gasteiger partial charge in [-0.05, 0) is 69.6 Å². The highest BCUT2D eigenvalue weighted by atomic mass is 19.1. The molecule has 0 unspecified atom stereocenters. The van der Waals surface area contributed by atoms with Crippen molar-refractivity contribution in [3.63, 3.8) is 0 Å². The fourth-order valence-corrected chi connectivity index (χ4v) is 3.59. The number of anilines is 1. The third-order valence-corrected chi connectivity index (χ3v) is 5.34. The number of amides is 3. The number of urea groups is 1. The molecule has 166 valence electrons. The molecule has 1 saturated heterocycles. The number of para-hydroxylation sites is 2. The molecule has 0 bridgehead atoms. The molecule has 1 aliphatic heterocycles. The number of ether oxygens (including phenoxy) is 1. The lowest BCUT2D eigenvalue weighted by molar-refractivity contribution is -0.123. The van der Waals surface area contributed by atoms with Gasteiger partial charge in [0.1, 0.15) is 11.6 Å². The Kier molecular flexibility index (Phi) is 8.23. The third-order valence-electron chi connectivity index (χ3n) is 5.34. The number of halogens is 1. The zero-order valence-electron chi connectivity index (χ0n) is 17.5. The number of hydrogen-bond donors (Lipinski definition) is 3. The number of nitrogens with two attached hydrogens (primary N) is 1. The van der Waals surface area contributed by atoms with Gasteiger partial charge in [0.25, 0.3) is 0 Å². The second-order valence-corrected chi connectivity index (χ2v) is 7.66. The molecular weight excluding hydrogens is 399 g/mol. The Bertz CT molecular complexity index is 885. The SMILES string of the molecule is NC(=O)C1CCN(CCCCNC(=O)Nc2ccccc2Oc2cccc(F)c2)CC1. The molecule has 2 aromatic carbocycles. The number of benzene rings is 2. The van der Waals surface area contributed by atoms with E-state index >= 15 is 0 Å². The van der Waals surface area contributed by atoms with E-state index in [0.29, 0.717) is 23.7 Å².